The molecular weight excluding hydrogens is 348 g/mol. The molecule has 3 rings (SSSR count). The van der Waals surface area contributed by atoms with Crippen LogP contribution in [0.4, 0.5) is 5.13 Å². The summed E-state index contributed by atoms with van der Waals surface area (Å²) < 4.78 is 12.3. The van der Waals surface area contributed by atoms with Crippen LogP contribution in [0.3, 0.4) is 0 Å². The van der Waals surface area contributed by atoms with E-state index in [0.717, 1.165) is 35.2 Å². The molecule has 0 spiro atoms. The highest BCUT2D eigenvalue weighted by molar-refractivity contribution is 7.22. The first-order chi connectivity index (χ1) is 12.7. The molecule has 0 aliphatic rings. The zero-order valence-electron chi connectivity index (χ0n) is 14.7. The van der Waals surface area contributed by atoms with Crippen LogP contribution in [0.25, 0.3) is 10.2 Å². The van der Waals surface area contributed by atoms with Crippen molar-refractivity contribution in [3.05, 3.63) is 48.5 Å². The summed E-state index contributed by atoms with van der Waals surface area (Å²) >= 11 is 1.44. The lowest BCUT2D eigenvalue weighted by atomic mass is 10.3. The molecule has 26 heavy (non-hydrogen) atoms. The highest BCUT2D eigenvalue weighted by atomic mass is 32.1. The maximum atomic E-state index is 12.1. The van der Waals surface area contributed by atoms with Gasteiger partial charge >= 0.3 is 0 Å². The van der Waals surface area contributed by atoms with Gasteiger partial charge in [0.25, 0.3) is 5.91 Å². The molecule has 2 aromatic carbocycles. The molecule has 0 fully saturated rings. The minimum Gasteiger partial charge on any atom is -0.493 e. The minimum absolute atomic E-state index is 0.0742. The van der Waals surface area contributed by atoms with Gasteiger partial charge in [-0.1, -0.05) is 49.3 Å². The van der Waals surface area contributed by atoms with Gasteiger partial charge in [-0.2, -0.15) is 0 Å². The Kier molecular flexibility index (Phi) is 6.44. The molecule has 0 radical (unpaired) electrons. The number of benzene rings is 2. The largest absolute Gasteiger partial charge is 0.493 e. The molecule has 0 saturated carbocycles. The summed E-state index contributed by atoms with van der Waals surface area (Å²) in [6.45, 7) is 2.78. The highest BCUT2D eigenvalue weighted by Gasteiger charge is 2.08. The number of carbonyl (C=O) groups is 1. The van der Waals surface area contributed by atoms with Gasteiger partial charge in [-0.15, -0.1) is 0 Å². The second-order valence-electron chi connectivity index (χ2n) is 5.85. The molecule has 1 aromatic heterocycles. The number of unbranched alkanes of at least 4 members (excludes halogenated alkanes) is 2. The van der Waals surface area contributed by atoms with Gasteiger partial charge in [0.1, 0.15) is 11.5 Å². The van der Waals surface area contributed by atoms with Crippen LogP contribution in [-0.4, -0.2) is 24.1 Å². The van der Waals surface area contributed by atoms with E-state index >= 15 is 0 Å². The number of ether oxygens (including phenoxy) is 2. The number of aromatic nitrogens is 1. The predicted octanol–water partition coefficient (Wildman–Crippen LogP) is 4.88. The third kappa shape index (κ3) is 5.20. The summed E-state index contributed by atoms with van der Waals surface area (Å²) in [6, 6.07) is 15.1. The van der Waals surface area contributed by atoms with Crippen molar-refractivity contribution in [3.63, 3.8) is 0 Å². The Labute approximate surface area is 157 Å². The van der Waals surface area contributed by atoms with Crippen molar-refractivity contribution >= 4 is 32.6 Å². The number of rotatable bonds is 9. The molecule has 0 aliphatic carbocycles. The van der Waals surface area contributed by atoms with Crippen molar-refractivity contribution in [2.24, 2.45) is 0 Å². The average Bonchev–Trinajstić information content (AvgIpc) is 3.06. The van der Waals surface area contributed by atoms with Crippen LogP contribution in [0.5, 0.6) is 11.5 Å². The Morgan fingerprint density at radius 1 is 1.08 bits per heavy atom. The smallest absolute Gasteiger partial charge is 0.264 e. The maximum absolute atomic E-state index is 12.1. The van der Waals surface area contributed by atoms with Crippen molar-refractivity contribution in [2.45, 2.75) is 26.2 Å². The summed E-state index contributed by atoms with van der Waals surface area (Å²) in [5.74, 6) is 1.13. The van der Waals surface area contributed by atoms with E-state index in [1.54, 1.807) is 6.07 Å². The molecular formula is C20H22N2O3S. The second-order valence-corrected chi connectivity index (χ2v) is 6.88. The van der Waals surface area contributed by atoms with E-state index in [2.05, 4.69) is 17.2 Å². The van der Waals surface area contributed by atoms with E-state index in [0.29, 0.717) is 17.5 Å². The third-order valence-electron chi connectivity index (χ3n) is 3.73. The van der Waals surface area contributed by atoms with Crippen molar-refractivity contribution in [3.8, 4) is 11.5 Å². The van der Waals surface area contributed by atoms with Gasteiger partial charge in [0, 0.05) is 6.07 Å². The number of hydrogen-bond acceptors (Lipinski definition) is 5. The van der Waals surface area contributed by atoms with Crippen molar-refractivity contribution in [2.75, 3.05) is 18.5 Å². The number of nitrogens with one attached hydrogen (secondary N) is 1. The quantitative estimate of drug-likeness (QED) is 0.545. The van der Waals surface area contributed by atoms with Crippen molar-refractivity contribution in [1.29, 1.82) is 0 Å². The van der Waals surface area contributed by atoms with Gasteiger partial charge in [-0.05, 0) is 30.7 Å². The topological polar surface area (TPSA) is 60.5 Å². The third-order valence-corrected chi connectivity index (χ3v) is 4.68. The van der Waals surface area contributed by atoms with E-state index < -0.39 is 0 Å². The first-order valence-electron chi connectivity index (χ1n) is 8.75. The van der Waals surface area contributed by atoms with Crippen LogP contribution in [0.2, 0.25) is 0 Å². The highest BCUT2D eigenvalue weighted by Crippen LogP contribution is 2.25. The van der Waals surface area contributed by atoms with E-state index in [4.69, 9.17) is 9.47 Å². The zero-order valence-corrected chi connectivity index (χ0v) is 15.6. The molecule has 0 aliphatic heterocycles. The summed E-state index contributed by atoms with van der Waals surface area (Å²) in [6.07, 6.45) is 3.35. The minimum atomic E-state index is -0.238. The molecule has 0 atom stereocenters. The molecule has 1 amide bonds. The standard InChI is InChI=1S/C20H22N2O3S/c1-2-3-6-12-24-15-8-7-9-16(13-15)25-14-19(23)22-20-21-17-10-4-5-11-18(17)26-20/h4-5,7-11,13H,2-3,6,12,14H2,1H3,(H,21,22,23). The van der Waals surface area contributed by atoms with E-state index in [9.17, 15) is 4.79 Å². The van der Waals surface area contributed by atoms with Crippen molar-refractivity contribution in [1.82, 2.24) is 4.98 Å². The molecule has 0 saturated heterocycles. The summed E-state index contributed by atoms with van der Waals surface area (Å²) in [5, 5.41) is 3.35. The van der Waals surface area contributed by atoms with Gasteiger partial charge in [-0.3, -0.25) is 10.1 Å². The Balaban J connectivity index is 1.49. The predicted molar refractivity (Wildman–Crippen MR) is 105 cm³/mol. The van der Waals surface area contributed by atoms with Crippen LogP contribution in [0.15, 0.2) is 48.5 Å². The molecule has 5 nitrogen and oxygen atoms in total. The molecule has 3 aromatic rings. The Hall–Kier alpha value is -2.60. The van der Waals surface area contributed by atoms with Crippen LogP contribution in [-0.2, 0) is 4.79 Å². The van der Waals surface area contributed by atoms with Crippen LogP contribution in [0.1, 0.15) is 26.2 Å². The second kappa shape index (κ2) is 9.20. The molecule has 0 unspecified atom stereocenters. The molecule has 1 N–H and O–H groups in total. The van der Waals surface area contributed by atoms with Crippen molar-refractivity contribution < 1.29 is 14.3 Å². The molecule has 6 heteroatoms. The van der Waals surface area contributed by atoms with Gasteiger partial charge in [-0.25, -0.2) is 4.98 Å². The Bertz CT molecular complexity index is 830. The van der Waals surface area contributed by atoms with Gasteiger partial charge in [0.15, 0.2) is 11.7 Å². The maximum Gasteiger partial charge on any atom is 0.264 e. The van der Waals surface area contributed by atoms with Gasteiger partial charge in [0.05, 0.1) is 16.8 Å². The Morgan fingerprint density at radius 2 is 1.88 bits per heavy atom. The lowest BCUT2D eigenvalue weighted by Gasteiger charge is -2.09. The number of carbonyl (C=O) groups excluding carboxylic acids is 1. The van der Waals surface area contributed by atoms with E-state index in [1.807, 2.05) is 42.5 Å². The fourth-order valence-electron chi connectivity index (χ4n) is 2.43. The fourth-order valence-corrected chi connectivity index (χ4v) is 3.31. The van der Waals surface area contributed by atoms with Crippen LogP contribution < -0.4 is 14.8 Å². The number of amides is 1. The first kappa shape index (κ1) is 18.2. The molecule has 1 heterocycles. The summed E-state index contributed by atoms with van der Waals surface area (Å²) in [4.78, 5) is 16.5. The number of anilines is 1. The van der Waals surface area contributed by atoms with Gasteiger partial charge in [0.2, 0.25) is 0 Å². The van der Waals surface area contributed by atoms with Crippen LogP contribution >= 0.6 is 11.3 Å². The monoisotopic (exact) mass is 370 g/mol. The number of para-hydroxylation sites is 1. The lowest BCUT2D eigenvalue weighted by Crippen LogP contribution is -2.20. The number of thiazole rings is 1. The molecule has 136 valence electrons. The van der Waals surface area contributed by atoms with E-state index in [-0.39, 0.29) is 12.5 Å². The number of nitrogens with zero attached hydrogens (tertiary/aromatic N) is 1. The van der Waals surface area contributed by atoms with Gasteiger partial charge < -0.3 is 9.47 Å². The SMILES string of the molecule is CCCCCOc1cccc(OCC(=O)Nc2nc3ccccc3s2)c1. The van der Waals surface area contributed by atoms with Crippen LogP contribution in [0, 0.1) is 0 Å². The lowest BCUT2D eigenvalue weighted by molar-refractivity contribution is -0.118. The Morgan fingerprint density at radius 3 is 2.69 bits per heavy atom. The number of hydrogen-bond donors (Lipinski definition) is 1. The fraction of sp³-hybridized carbons (Fsp3) is 0.300. The summed E-state index contributed by atoms with van der Waals surface area (Å²) in [5.41, 5.74) is 0.877. The summed E-state index contributed by atoms with van der Waals surface area (Å²) in [7, 11) is 0. The molecule has 0 bridgehead atoms. The normalized spacial score (nSPS) is 10.7. The number of fused-ring (bicyclic) bond motifs is 1. The van der Waals surface area contributed by atoms with E-state index in [1.165, 1.54) is 11.3 Å². The zero-order chi connectivity index (χ0) is 18.2. The first-order valence-corrected chi connectivity index (χ1v) is 9.57. The average molecular weight is 370 g/mol.